The van der Waals surface area contributed by atoms with Gasteiger partial charge >= 0.3 is 0 Å². The van der Waals surface area contributed by atoms with Crippen molar-refractivity contribution in [2.75, 3.05) is 52.5 Å². The third kappa shape index (κ3) is 23.7. The molecule has 0 radical (unpaired) electrons. The first-order valence-electron chi connectivity index (χ1n) is 23.8. The number of nitrogens with zero attached hydrogens (tertiary/aromatic N) is 1. The average molecular weight is 819 g/mol. The molecule has 0 spiro atoms. The third-order valence-corrected chi connectivity index (χ3v) is 12.3. The fraction of sp³-hybridized carbons (Fsp3) is 0.774. The van der Waals surface area contributed by atoms with Crippen LogP contribution < -0.4 is 20.7 Å². The van der Waals surface area contributed by atoms with Crippen LogP contribution in [0.25, 0.3) is 0 Å². The van der Waals surface area contributed by atoms with Gasteiger partial charge in [-0.25, -0.2) is 0 Å². The second-order valence-electron chi connectivity index (χ2n) is 23.5. The maximum absolute atomic E-state index is 6.13. The van der Waals surface area contributed by atoms with Crippen LogP contribution in [0.3, 0.4) is 0 Å². The molecule has 0 amide bonds. The topological polar surface area (TPSA) is 57.8 Å². The standard InChI is InChI=1S/C53H94N4O2/c1-48(2,3)28-25-44-19-17-20-47(40-44)59-38-34-55-52(11,12)32-31-51(9,10)54-33-16-15-18-43-21-23-45(24-22-43)41-50(7,8)29-30-53(13,14)56-46-26-35-57(36-27-46)37-39-58-42-49(4,5)6/h17,19-24,40,46,54-56H,15-16,18,25-39,41-42H2,1-14H3. The molecule has 0 bridgehead atoms. The summed E-state index contributed by atoms with van der Waals surface area (Å²) in [6.45, 7) is 40.4. The van der Waals surface area contributed by atoms with Gasteiger partial charge in [0, 0.05) is 35.7 Å². The van der Waals surface area contributed by atoms with Crippen molar-refractivity contribution in [2.45, 2.75) is 197 Å². The van der Waals surface area contributed by atoms with Crippen LogP contribution in [-0.4, -0.2) is 80.1 Å². The zero-order valence-electron chi connectivity index (χ0n) is 41.1. The Morgan fingerprint density at radius 3 is 1.83 bits per heavy atom. The van der Waals surface area contributed by atoms with Gasteiger partial charge in [0.2, 0.25) is 0 Å². The van der Waals surface area contributed by atoms with Gasteiger partial charge in [0.15, 0.2) is 0 Å². The summed E-state index contributed by atoms with van der Waals surface area (Å²) in [7, 11) is 0. The molecule has 1 aliphatic rings. The fourth-order valence-electron chi connectivity index (χ4n) is 8.16. The average Bonchev–Trinajstić information content (AvgIpc) is 3.13. The van der Waals surface area contributed by atoms with Crippen LogP contribution in [-0.2, 0) is 24.0 Å². The van der Waals surface area contributed by atoms with Gasteiger partial charge in [-0.15, -0.1) is 0 Å². The summed E-state index contributed by atoms with van der Waals surface area (Å²) in [5.41, 5.74) is 5.48. The first-order chi connectivity index (χ1) is 27.4. The van der Waals surface area contributed by atoms with Gasteiger partial charge in [0.05, 0.1) is 13.2 Å². The van der Waals surface area contributed by atoms with Crippen molar-refractivity contribution < 1.29 is 9.47 Å². The molecule has 0 aromatic heterocycles. The van der Waals surface area contributed by atoms with Gasteiger partial charge < -0.3 is 30.3 Å². The first-order valence-corrected chi connectivity index (χ1v) is 23.8. The van der Waals surface area contributed by atoms with Crippen LogP contribution in [0.15, 0.2) is 48.5 Å². The van der Waals surface area contributed by atoms with E-state index in [9.17, 15) is 0 Å². The highest BCUT2D eigenvalue weighted by Crippen LogP contribution is 2.31. The summed E-state index contributed by atoms with van der Waals surface area (Å²) < 4.78 is 12.1. The molecule has 2 aromatic rings. The Morgan fingerprint density at radius 1 is 0.593 bits per heavy atom. The summed E-state index contributed by atoms with van der Waals surface area (Å²) in [4.78, 5) is 2.58. The highest BCUT2D eigenvalue weighted by Gasteiger charge is 2.29. The SMILES string of the molecule is CC(C)(C)CCc1cccc(OCCNC(C)(C)CCC(C)(C)NCCCCc2ccc(CC(C)(C)CCC(C)(C)NC3CCN(CCOCC(C)(C)C)CC3)cc2)c1. The normalized spacial score (nSPS) is 15.6. The minimum atomic E-state index is 0.0619. The molecule has 338 valence electrons. The lowest BCUT2D eigenvalue weighted by atomic mass is 9.78. The molecule has 59 heavy (non-hydrogen) atoms. The molecule has 1 saturated heterocycles. The Balaban J connectivity index is 1.26. The molecule has 0 aliphatic carbocycles. The number of likely N-dealkylation sites (tertiary alicyclic amines) is 1. The molecular weight excluding hydrogens is 725 g/mol. The van der Waals surface area contributed by atoms with Crippen LogP contribution in [0.4, 0.5) is 0 Å². The Kier molecular flexibility index (Phi) is 20.4. The summed E-state index contributed by atoms with van der Waals surface area (Å²) in [5, 5.41) is 11.7. The lowest BCUT2D eigenvalue weighted by Gasteiger charge is -2.39. The maximum atomic E-state index is 6.13. The Labute approximate surface area is 365 Å². The van der Waals surface area contributed by atoms with Gasteiger partial charge in [-0.3, -0.25) is 0 Å². The highest BCUT2D eigenvalue weighted by molar-refractivity contribution is 5.28. The minimum Gasteiger partial charge on any atom is -0.492 e. The molecule has 0 saturated carbocycles. The molecule has 0 atom stereocenters. The van der Waals surface area contributed by atoms with Gasteiger partial charge in [-0.2, -0.15) is 0 Å². The minimum absolute atomic E-state index is 0.0619. The Bertz CT molecular complexity index is 1440. The number of nitrogens with one attached hydrogen (secondary N) is 3. The molecule has 1 heterocycles. The number of benzene rings is 2. The van der Waals surface area contributed by atoms with E-state index in [4.69, 9.17) is 9.47 Å². The van der Waals surface area contributed by atoms with Gasteiger partial charge in [-0.05, 0) is 183 Å². The maximum Gasteiger partial charge on any atom is 0.119 e. The van der Waals surface area contributed by atoms with Crippen LogP contribution in [0, 0.1) is 16.2 Å². The number of piperidine rings is 1. The summed E-state index contributed by atoms with van der Waals surface area (Å²) >= 11 is 0. The largest absolute Gasteiger partial charge is 0.492 e. The molecule has 1 fully saturated rings. The smallest absolute Gasteiger partial charge is 0.119 e. The molecular formula is C53H94N4O2. The fourth-order valence-corrected chi connectivity index (χ4v) is 8.16. The van der Waals surface area contributed by atoms with E-state index in [1.807, 2.05) is 0 Å². The van der Waals surface area contributed by atoms with Gasteiger partial charge in [0.25, 0.3) is 0 Å². The zero-order valence-corrected chi connectivity index (χ0v) is 41.1. The number of hydrogen-bond donors (Lipinski definition) is 3. The predicted octanol–water partition coefficient (Wildman–Crippen LogP) is 11.8. The third-order valence-electron chi connectivity index (χ3n) is 12.3. The van der Waals surface area contributed by atoms with E-state index in [-0.39, 0.29) is 27.4 Å². The van der Waals surface area contributed by atoms with Crippen molar-refractivity contribution in [1.82, 2.24) is 20.9 Å². The van der Waals surface area contributed by atoms with Crippen molar-refractivity contribution in [2.24, 2.45) is 16.2 Å². The lowest BCUT2D eigenvalue weighted by molar-refractivity contribution is 0.0481. The molecule has 0 unspecified atom stereocenters. The summed E-state index contributed by atoms with van der Waals surface area (Å²) in [5.74, 6) is 0.979. The highest BCUT2D eigenvalue weighted by atomic mass is 16.5. The van der Waals surface area contributed by atoms with Crippen LogP contribution >= 0.6 is 0 Å². The molecule has 1 aliphatic heterocycles. The van der Waals surface area contributed by atoms with Crippen molar-refractivity contribution in [1.29, 1.82) is 0 Å². The Hall–Kier alpha value is -1.96. The summed E-state index contributed by atoms with van der Waals surface area (Å²) in [6, 6.07) is 18.8. The lowest BCUT2D eigenvalue weighted by Crippen LogP contribution is -2.51. The van der Waals surface area contributed by atoms with Crippen molar-refractivity contribution in [3.8, 4) is 5.75 Å². The molecule has 6 nitrogen and oxygen atoms in total. The zero-order chi connectivity index (χ0) is 43.8. The van der Waals surface area contributed by atoms with Gasteiger partial charge in [0.1, 0.15) is 12.4 Å². The van der Waals surface area contributed by atoms with E-state index in [0.717, 1.165) is 70.7 Å². The number of hydrogen-bond acceptors (Lipinski definition) is 6. The second kappa shape index (κ2) is 23.5. The van der Waals surface area contributed by atoms with Gasteiger partial charge in [-0.1, -0.05) is 91.8 Å². The van der Waals surface area contributed by atoms with Crippen molar-refractivity contribution in [3.05, 3.63) is 65.2 Å². The van der Waals surface area contributed by atoms with Crippen LogP contribution in [0.1, 0.15) is 171 Å². The Morgan fingerprint density at radius 2 is 1.20 bits per heavy atom. The number of rotatable bonds is 27. The van der Waals surface area contributed by atoms with E-state index in [0.29, 0.717) is 18.1 Å². The van der Waals surface area contributed by atoms with Crippen molar-refractivity contribution in [3.63, 3.8) is 0 Å². The van der Waals surface area contributed by atoms with E-state index in [1.165, 1.54) is 74.7 Å². The molecule has 6 heteroatoms. The predicted molar refractivity (Wildman–Crippen MR) is 256 cm³/mol. The van der Waals surface area contributed by atoms with E-state index in [1.54, 1.807) is 0 Å². The molecule has 3 N–H and O–H groups in total. The first kappa shape index (κ1) is 51.4. The van der Waals surface area contributed by atoms with Crippen molar-refractivity contribution >= 4 is 0 Å². The van der Waals surface area contributed by atoms with E-state index >= 15 is 0 Å². The van der Waals surface area contributed by atoms with Crippen LogP contribution in [0.2, 0.25) is 0 Å². The second-order valence-corrected chi connectivity index (χ2v) is 23.5. The number of aryl methyl sites for hydroxylation is 2. The quantitative estimate of drug-likeness (QED) is 0.0781. The summed E-state index contributed by atoms with van der Waals surface area (Å²) in [6.07, 6.45) is 14.1. The molecule has 2 aromatic carbocycles. The van der Waals surface area contributed by atoms with E-state index in [2.05, 4.69) is 166 Å². The number of ether oxygens (including phenoxy) is 2. The van der Waals surface area contributed by atoms with E-state index < -0.39 is 0 Å². The number of unbranched alkanes of at least 4 members (excludes halogenated alkanes) is 1. The van der Waals surface area contributed by atoms with Crippen LogP contribution in [0.5, 0.6) is 5.75 Å². The molecule has 3 rings (SSSR count). The monoisotopic (exact) mass is 819 g/mol.